The lowest BCUT2D eigenvalue weighted by Gasteiger charge is -2.08. The Morgan fingerprint density at radius 1 is 1.45 bits per heavy atom. The molecule has 0 saturated carbocycles. The maximum Gasteiger partial charge on any atom is 0.330 e. The van der Waals surface area contributed by atoms with Gasteiger partial charge in [0.25, 0.3) is 0 Å². The van der Waals surface area contributed by atoms with E-state index >= 15 is 0 Å². The fourth-order valence-electron chi connectivity index (χ4n) is 1.67. The molecule has 1 N–H and O–H groups in total. The van der Waals surface area contributed by atoms with Gasteiger partial charge in [0.05, 0.1) is 19.1 Å². The zero-order valence-electron chi connectivity index (χ0n) is 11.7. The molecule has 6 heteroatoms. The second kappa shape index (κ2) is 6.18. The monoisotopic (exact) mass is 275 g/mol. The van der Waals surface area contributed by atoms with Crippen molar-refractivity contribution in [3.63, 3.8) is 0 Å². The largest absolute Gasteiger partial charge is 0.477 e. The summed E-state index contributed by atoms with van der Waals surface area (Å²) in [7, 11) is 1.34. The first-order chi connectivity index (χ1) is 9.61. The lowest BCUT2D eigenvalue weighted by molar-refractivity contribution is -0.134. The summed E-state index contributed by atoms with van der Waals surface area (Å²) < 4.78 is 10.3. The molecule has 0 atom stereocenters. The summed E-state index contributed by atoms with van der Waals surface area (Å²) in [6, 6.07) is 0. The number of ether oxygens (including phenoxy) is 2. The molecule has 2 aromatic heterocycles. The standard InChI is InChI=1S/C14H17N3O3/c1-9(2)7-20-14-12-10(4-5-11(18)19-3)6-15-13(12)16-8-17-14/h4-6,8-9H,7H2,1-3H3,(H,15,16,17)/b5-4+. The summed E-state index contributed by atoms with van der Waals surface area (Å²) in [4.78, 5) is 22.5. The van der Waals surface area contributed by atoms with Crippen LogP contribution in [0.4, 0.5) is 0 Å². The van der Waals surface area contributed by atoms with Crippen LogP contribution in [0.1, 0.15) is 19.4 Å². The zero-order valence-corrected chi connectivity index (χ0v) is 11.7. The molecule has 0 aromatic carbocycles. The molecule has 2 rings (SSSR count). The Balaban J connectivity index is 2.36. The smallest absolute Gasteiger partial charge is 0.330 e. The number of aromatic amines is 1. The number of hydrogen-bond donors (Lipinski definition) is 1. The van der Waals surface area contributed by atoms with Gasteiger partial charge in [-0.1, -0.05) is 13.8 Å². The Bertz CT molecular complexity index is 632. The highest BCUT2D eigenvalue weighted by molar-refractivity contribution is 5.94. The minimum Gasteiger partial charge on any atom is -0.477 e. The van der Waals surface area contributed by atoms with E-state index in [-0.39, 0.29) is 0 Å². The van der Waals surface area contributed by atoms with Crippen molar-refractivity contribution in [3.8, 4) is 5.88 Å². The second-order valence-electron chi connectivity index (χ2n) is 4.71. The minimum absolute atomic E-state index is 0.396. The first-order valence-electron chi connectivity index (χ1n) is 6.32. The predicted molar refractivity (Wildman–Crippen MR) is 75.3 cm³/mol. The summed E-state index contributed by atoms with van der Waals surface area (Å²) >= 11 is 0. The van der Waals surface area contributed by atoms with Crippen LogP contribution in [0.2, 0.25) is 0 Å². The Hall–Kier alpha value is -2.37. The molecule has 6 nitrogen and oxygen atoms in total. The van der Waals surface area contributed by atoms with Crippen molar-refractivity contribution in [2.75, 3.05) is 13.7 Å². The molecule has 0 aliphatic carbocycles. The van der Waals surface area contributed by atoms with Gasteiger partial charge in [0.15, 0.2) is 0 Å². The normalized spacial score (nSPS) is 11.4. The van der Waals surface area contributed by atoms with E-state index in [4.69, 9.17) is 4.74 Å². The first-order valence-corrected chi connectivity index (χ1v) is 6.32. The number of nitrogens with one attached hydrogen (secondary N) is 1. The third kappa shape index (κ3) is 3.14. The molecule has 0 bridgehead atoms. The fraction of sp³-hybridized carbons (Fsp3) is 0.357. The average Bonchev–Trinajstić information content (AvgIpc) is 2.86. The summed E-state index contributed by atoms with van der Waals surface area (Å²) in [6.45, 7) is 4.69. The van der Waals surface area contributed by atoms with Gasteiger partial charge >= 0.3 is 5.97 Å². The van der Waals surface area contributed by atoms with Crippen LogP contribution in [-0.2, 0) is 9.53 Å². The van der Waals surface area contributed by atoms with E-state index in [0.717, 1.165) is 10.9 Å². The molecular weight excluding hydrogens is 258 g/mol. The maximum atomic E-state index is 11.2. The number of aromatic nitrogens is 3. The Kier molecular flexibility index (Phi) is 4.34. The highest BCUT2D eigenvalue weighted by atomic mass is 16.5. The van der Waals surface area contributed by atoms with E-state index in [1.165, 1.54) is 19.5 Å². The zero-order chi connectivity index (χ0) is 14.5. The first kappa shape index (κ1) is 14.0. The van der Waals surface area contributed by atoms with Crippen LogP contribution in [0.15, 0.2) is 18.6 Å². The molecular formula is C14H17N3O3. The minimum atomic E-state index is -0.416. The van der Waals surface area contributed by atoms with Crippen LogP contribution >= 0.6 is 0 Å². The number of carbonyl (C=O) groups excluding carboxylic acids is 1. The van der Waals surface area contributed by atoms with Crippen LogP contribution < -0.4 is 4.74 Å². The summed E-state index contributed by atoms with van der Waals surface area (Å²) in [5.74, 6) is 0.489. The average molecular weight is 275 g/mol. The quantitative estimate of drug-likeness (QED) is 0.668. The van der Waals surface area contributed by atoms with E-state index in [1.54, 1.807) is 12.3 Å². The number of fused-ring (bicyclic) bond motifs is 1. The summed E-state index contributed by atoms with van der Waals surface area (Å²) in [5, 5.41) is 0.758. The SMILES string of the molecule is COC(=O)/C=C/c1c[nH]c2ncnc(OCC(C)C)c12. The van der Waals surface area contributed by atoms with Gasteiger partial charge in [0, 0.05) is 17.8 Å². The van der Waals surface area contributed by atoms with Gasteiger partial charge in [0.1, 0.15) is 12.0 Å². The van der Waals surface area contributed by atoms with Gasteiger partial charge in [-0.05, 0) is 12.0 Å². The van der Waals surface area contributed by atoms with Crippen LogP contribution in [0, 0.1) is 5.92 Å². The molecule has 0 aliphatic rings. The number of esters is 1. The Morgan fingerprint density at radius 3 is 2.95 bits per heavy atom. The van der Waals surface area contributed by atoms with E-state index < -0.39 is 5.97 Å². The molecule has 0 spiro atoms. The van der Waals surface area contributed by atoms with Crippen molar-refractivity contribution in [1.29, 1.82) is 0 Å². The molecule has 2 aromatic rings. The highest BCUT2D eigenvalue weighted by Crippen LogP contribution is 2.26. The highest BCUT2D eigenvalue weighted by Gasteiger charge is 2.11. The van der Waals surface area contributed by atoms with Gasteiger partial charge in [-0.15, -0.1) is 0 Å². The van der Waals surface area contributed by atoms with E-state index in [2.05, 4.69) is 33.5 Å². The Labute approximate surface area is 116 Å². The van der Waals surface area contributed by atoms with E-state index in [1.807, 2.05) is 0 Å². The van der Waals surface area contributed by atoms with Gasteiger partial charge in [-0.2, -0.15) is 0 Å². The summed E-state index contributed by atoms with van der Waals surface area (Å²) in [5.41, 5.74) is 1.45. The fourth-order valence-corrected chi connectivity index (χ4v) is 1.67. The van der Waals surface area contributed by atoms with Gasteiger partial charge in [-0.25, -0.2) is 14.8 Å². The van der Waals surface area contributed by atoms with Crippen molar-refractivity contribution in [1.82, 2.24) is 15.0 Å². The molecule has 0 radical (unpaired) electrons. The molecule has 0 unspecified atom stereocenters. The van der Waals surface area contributed by atoms with E-state index in [9.17, 15) is 4.79 Å². The molecule has 20 heavy (non-hydrogen) atoms. The lowest BCUT2D eigenvalue weighted by atomic mass is 10.2. The summed E-state index contributed by atoms with van der Waals surface area (Å²) in [6.07, 6.45) is 6.20. The van der Waals surface area contributed by atoms with Gasteiger partial charge in [0.2, 0.25) is 5.88 Å². The number of methoxy groups -OCH3 is 1. The molecule has 2 heterocycles. The van der Waals surface area contributed by atoms with Crippen molar-refractivity contribution in [2.24, 2.45) is 5.92 Å². The van der Waals surface area contributed by atoms with E-state index in [0.29, 0.717) is 24.1 Å². The molecule has 0 aliphatic heterocycles. The van der Waals surface area contributed by atoms with Gasteiger partial charge < -0.3 is 14.5 Å². The predicted octanol–water partition coefficient (Wildman–Crippen LogP) is 2.18. The Morgan fingerprint density at radius 2 is 2.25 bits per heavy atom. The van der Waals surface area contributed by atoms with Crippen molar-refractivity contribution in [2.45, 2.75) is 13.8 Å². The molecule has 106 valence electrons. The third-order valence-electron chi connectivity index (χ3n) is 2.62. The molecule has 0 fully saturated rings. The second-order valence-corrected chi connectivity index (χ2v) is 4.71. The van der Waals surface area contributed by atoms with Crippen molar-refractivity contribution < 1.29 is 14.3 Å². The van der Waals surface area contributed by atoms with Crippen LogP contribution in [0.3, 0.4) is 0 Å². The lowest BCUT2D eigenvalue weighted by Crippen LogP contribution is -2.06. The van der Waals surface area contributed by atoms with Crippen molar-refractivity contribution >= 4 is 23.1 Å². The van der Waals surface area contributed by atoms with Crippen LogP contribution in [0.25, 0.3) is 17.1 Å². The number of rotatable bonds is 5. The van der Waals surface area contributed by atoms with Crippen molar-refractivity contribution in [3.05, 3.63) is 24.2 Å². The topological polar surface area (TPSA) is 77.1 Å². The van der Waals surface area contributed by atoms with Gasteiger partial charge in [-0.3, -0.25) is 0 Å². The number of H-pyrrole nitrogens is 1. The number of nitrogens with zero attached hydrogens (tertiary/aromatic N) is 2. The molecule has 0 saturated heterocycles. The van der Waals surface area contributed by atoms with Crippen LogP contribution in [0.5, 0.6) is 5.88 Å². The van der Waals surface area contributed by atoms with Crippen LogP contribution in [-0.4, -0.2) is 34.6 Å². The maximum absolute atomic E-state index is 11.2. The molecule has 0 amide bonds. The number of carbonyl (C=O) groups is 1. The number of hydrogen-bond acceptors (Lipinski definition) is 5. The third-order valence-corrected chi connectivity index (χ3v) is 2.62.